The van der Waals surface area contributed by atoms with Gasteiger partial charge in [0.15, 0.2) is 0 Å². The number of para-hydroxylation sites is 1. The first-order valence-electron chi connectivity index (χ1n) is 11.6. The smallest absolute Gasteiger partial charge is 0.319 e. The highest BCUT2D eigenvalue weighted by Gasteiger charge is 2.11. The second-order valence-electron chi connectivity index (χ2n) is 9.51. The van der Waals surface area contributed by atoms with Crippen molar-refractivity contribution in [2.45, 2.75) is 79.1 Å². The van der Waals surface area contributed by atoms with Gasteiger partial charge in [0.25, 0.3) is 0 Å². The number of carbonyl (C=O) groups is 1. The molecular formula is C27H40N2O. The van der Waals surface area contributed by atoms with E-state index in [1.54, 1.807) is 0 Å². The van der Waals surface area contributed by atoms with Crippen molar-refractivity contribution >= 4 is 11.7 Å². The van der Waals surface area contributed by atoms with Gasteiger partial charge in [-0.25, -0.2) is 4.79 Å². The predicted octanol–water partition coefficient (Wildman–Crippen LogP) is 7.15. The Labute approximate surface area is 183 Å². The molecule has 0 atom stereocenters. The lowest BCUT2D eigenvalue weighted by atomic mass is 9.88. The first kappa shape index (κ1) is 24.0. The Morgan fingerprint density at radius 2 is 1.50 bits per heavy atom. The number of urea groups is 1. The minimum atomic E-state index is -0.107. The van der Waals surface area contributed by atoms with E-state index in [-0.39, 0.29) is 6.03 Å². The molecule has 0 saturated carbocycles. The molecule has 0 saturated heterocycles. The van der Waals surface area contributed by atoms with Crippen LogP contribution in [-0.4, -0.2) is 12.6 Å². The molecule has 2 aromatic carbocycles. The fourth-order valence-corrected chi connectivity index (χ4v) is 3.67. The summed E-state index contributed by atoms with van der Waals surface area (Å²) in [5, 5.41) is 6.02. The van der Waals surface area contributed by atoms with E-state index in [0.29, 0.717) is 5.41 Å². The minimum absolute atomic E-state index is 0.107. The molecule has 0 heterocycles. The summed E-state index contributed by atoms with van der Waals surface area (Å²) >= 11 is 0. The van der Waals surface area contributed by atoms with E-state index in [1.807, 2.05) is 18.2 Å². The van der Waals surface area contributed by atoms with Crippen molar-refractivity contribution in [3.63, 3.8) is 0 Å². The molecule has 3 nitrogen and oxygen atoms in total. The Morgan fingerprint density at radius 1 is 0.833 bits per heavy atom. The molecular weight excluding hydrogens is 368 g/mol. The van der Waals surface area contributed by atoms with Gasteiger partial charge in [-0.2, -0.15) is 0 Å². The standard InChI is InChI=1S/C27H40N2O/c1-5-6-7-8-11-20-28-26(30)29-25-13-10-9-12-24(25)19-18-22-14-16-23(17-15-22)21-27(2,3)4/h9-10,12-17H,5-8,11,18-21H2,1-4H3,(H2,28,29,30). The Kier molecular flexibility index (Phi) is 9.93. The number of nitrogens with one attached hydrogen (secondary N) is 2. The van der Waals surface area contributed by atoms with Crippen LogP contribution < -0.4 is 10.6 Å². The number of hydrogen-bond acceptors (Lipinski definition) is 1. The fourth-order valence-electron chi connectivity index (χ4n) is 3.67. The Morgan fingerprint density at radius 3 is 2.20 bits per heavy atom. The summed E-state index contributed by atoms with van der Waals surface area (Å²) < 4.78 is 0. The average molecular weight is 409 g/mol. The molecule has 2 rings (SSSR count). The monoisotopic (exact) mass is 408 g/mol. The highest BCUT2D eigenvalue weighted by atomic mass is 16.2. The number of unbranched alkanes of at least 4 members (excludes halogenated alkanes) is 4. The zero-order valence-electron chi connectivity index (χ0n) is 19.4. The van der Waals surface area contributed by atoms with Crippen molar-refractivity contribution < 1.29 is 4.79 Å². The molecule has 0 radical (unpaired) electrons. The largest absolute Gasteiger partial charge is 0.338 e. The van der Waals surface area contributed by atoms with E-state index in [0.717, 1.165) is 37.9 Å². The molecule has 2 N–H and O–H groups in total. The van der Waals surface area contributed by atoms with Crippen molar-refractivity contribution in [1.82, 2.24) is 5.32 Å². The van der Waals surface area contributed by atoms with Crippen molar-refractivity contribution in [3.8, 4) is 0 Å². The third kappa shape index (κ3) is 9.47. The van der Waals surface area contributed by atoms with Gasteiger partial charge in [0, 0.05) is 12.2 Å². The summed E-state index contributed by atoms with van der Waals surface area (Å²) in [5.74, 6) is 0. The number of carbonyl (C=O) groups excluding carboxylic acids is 1. The molecule has 3 heteroatoms. The first-order valence-corrected chi connectivity index (χ1v) is 11.6. The maximum absolute atomic E-state index is 12.3. The normalized spacial score (nSPS) is 11.3. The van der Waals surface area contributed by atoms with Gasteiger partial charge in [-0.05, 0) is 53.9 Å². The van der Waals surface area contributed by atoms with E-state index in [1.165, 1.54) is 42.4 Å². The molecule has 2 amide bonds. The van der Waals surface area contributed by atoms with Crippen LogP contribution in [0, 0.1) is 5.41 Å². The molecule has 0 fully saturated rings. The maximum atomic E-state index is 12.3. The number of anilines is 1. The van der Waals surface area contributed by atoms with Gasteiger partial charge in [0.2, 0.25) is 0 Å². The lowest BCUT2D eigenvalue weighted by Crippen LogP contribution is -2.29. The zero-order valence-corrected chi connectivity index (χ0v) is 19.4. The predicted molar refractivity (Wildman–Crippen MR) is 129 cm³/mol. The van der Waals surface area contributed by atoms with Crippen LogP contribution in [-0.2, 0) is 19.3 Å². The quantitative estimate of drug-likeness (QED) is 0.381. The average Bonchev–Trinajstić information content (AvgIpc) is 2.70. The number of amides is 2. The minimum Gasteiger partial charge on any atom is -0.338 e. The first-order chi connectivity index (χ1) is 14.4. The second-order valence-corrected chi connectivity index (χ2v) is 9.51. The molecule has 0 bridgehead atoms. The maximum Gasteiger partial charge on any atom is 0.319 e. The van der Waals surface area contributed by atoms with E-state index in [2.05, 4.69) is 68.7 Å². The van der Waals surface area contributed by atoms with Crippen molar-refractivity contribution in [3.05, 3.63) is 65.2 Å². The Hall–Kier alpha value is -2.29. The van der Waals surface area contributed by atoms with Gasteiger partial charge < -0.3 is 10.6 Å². The van der Waals surface area contributed by atoms with Gasteiger partial charge in [-0.3, -0.25) is 0 Å². The van der Waals surface area contributed by atoms with Crippen LogP contribution in [0.3, 0.4) is 0 Å². The van der Waals surface area contributed by atoms with Crippen LogP contribution in [0.4, 0.5) is 10.5 Å². The van der Waals surface area contributed by atoms with Crippen molar-refractivity contribution in [1.29, 1.82) is 0 Å². The fraction of sp³-hybridized carbons (Fsp3) is 0.519. The number of benzene rings is 2. The number of rotatable bonds is 11. The highest BCUT2D eigenvalue weighted by Crippen LogP contribution is 2.22. The summed E-state index contributed by atoms with van der Waals surface area (Å²) in [5.41, 5.74) is 5.11. The van der Waals surface area contributed by atoms with E-state index >= 15 is 0 Å². The van der Waals surface area contributed by atoms with Crippen molar-refractivity contribution in [2.75, 3.05) is 11.9 Å². The molecule has 30 heavy (non-hydrogen) atoms. The Bertz CT molecular complexity index is 759. The number of hydrogen-bond donors (Lipinski definition) is 2. The lowest BCUT2D eigenvalue weighted by Gasteiger charge is -2.18. The van der Waals surface area contributed by atoms with Crippen LogP contribution in [0.1, 0.15) is 76.5 Å². The van der Waals surface area contributed by atoms with Crippen LogP contribution in [0.15, 0.2) is 48.5 Å². The van der Waals surface area contributed by atoms with E-state index < -0.39 is 0 Å². The molecule has 0 unspecified atom stereocenters. The van der Waals surface area contributed by atoms with E-state index in [9.17, 15) is 4.79 Å². The van der Waals surface area contributed by atoms with Gasteiger partial charge in [0.1, 0.15) is 0 Å². The summed E-state index contributed by atoms with van der Waals surface area (Å²) in [4.78, 5) is 12.3. The zero-order chi connectivity index (χ0) is 21.8. The van der Waals surface area contributed by atoms with E-state index in [4.69, 9.17) is 0 Å². The third-order valence-electron chi connectivity index (χ3n) is 5.27. The summed E-state index contributed by atoms with van der Waals surface area (Å²) in [6.45, 7) is 9.76. The van der Waals surface area contributed by atoms with Gasteiger partial charge in [-0.15, -0.1) is 0 Å². The second kappa shape index (κ2) is 12.4. The van der Waals surface area contributed by atoms with Gasteiger partial charge in [-0.1, -0.05) is 95.8 Å². The molecule has 0 aliphatic heterocycles. The lowest BCUT2D eigenvalue weighted by molar-refractivity contribution is 0.252. The molecule has 164 valence electrons. The number of aryl methyl sites for hydroxylation is 2. The van der Waals surface area contributed by atoms with Crippen LogP contribution in [0.25, 0.3) is 0 Å². The molecule has 0 aliphatic rings. The van der Waals surface area contributed by atoms with Crippen LogP contribution >= 0.6 is 0 Å². The molecule has 0 aliphatic carbocycles. The third-order valence-corrected chi connectivity index (χ3v) is 5.27. The summed E-state index contributed by atoms with van der Waals surface area (Å²) in [6, 6.07) is 17.0. The summed E-state index contributed by atoms with van der Waals surface area (Å²) in [7, 11) is 0. The summed E-state index contributed by atoms with van der Waals surface area (Å²) in [6.07, 6.45) is 8.96. The topological polar surface area (TPSA) is 41.1 Å². The molecule has 2 aromatic rings. The molecule has 0 spiro atoms. The van der Waals surface area contributed by atoms with Gasteiger partial charge in [0.05, 0.1) is 0 Å². The molecule has 0 aromatic heterocycles. The Balaban J connectivity index is 1.82. The highest BCUT2D eigenvalue weighted by molar-refractivity contribution is 5.90. The van der Waals surface area contributed by atoms with Crippen molar-refractivity contribution in [2.24, 2.45) is 5.41 Å². The van der Waals surface area contributed by atoms with Crippen LogP contribution in [0.2, 0.25) is 0 Å². The van der Waals surface area contributed by atoms with Crippen LogP contribution in [0.5, 0.6) is 0 Å². The SMILES string of the molecule is CCCCCCCNC(=O)Nc1ccccc1CCc1ccc(CC(C)(C)C)cc1. The van der Waals surface area contributed by atoms with Gasteiger partial charge >= 0.3 is 6.03 Å².